The molecule has 2 aromatic heterocycles. The van der Waals surface area contributed by atoms with E-state index in [2.05, 4.69) is 10.3 Å². The van der Waals surface area contributed by atoms with Crippen molar-refractivity contribution in [1.82, 2.24) is 9.38 Å². The van der Waals surface area contributed by atoms with Crippen LogP contribution in [0.25, 0.3) is 16.9 Å². The predicted octanol–water partition coefficient (Wildman–Crippen LogP) is 4.31. The second kappa shape index (κ2) is 10.9. The first-order valence-electron chi connectivity index (χ1n) is 11.1. The summed E-state index contributed by atoms with van der Waals surface area (Å²) in [5, 5.41) is 14.3. The number of carbonyl (C=O) groups excluding carboxylic acids is 1. The molecule has 0 saturated heterocycles. The Balaban J connectivity index is 1.69. The highest BCUT2D eigenvalue weighted by Crippen LogP contribution is 2.37. The zero-order chi connectivity index (χ0) is 27.4. The minimum atomic E-state index is -4.32. The first-order chi connectivity index (χ1) is 18.1. The minimum Gasteiger partial charge on any atom is -0.493 e. The molecule has 2 heterocycles. The van der Waals surface area contributed by atoms with Gasteiger partial charge in [-0.1, -0.05) is 11.6 Å². The monoisotopic (exact) mass is 560 g/mol. The van der Waals surface area contributed by atoms with Gasteiger partial charge in [-0.05, 0) is 49.4 Å². The van der Waals surface area contributed by atoms with Crippen molar-refractivity contribution in [2.75, 3.05) is 25.6 Å². The number of carbonyl (C=O) groups is 1. The van der Waals surface area contributed by atoms with Crippen molar-refractivity contribution in [3.05, 3.63) is 75.9 Å². The molecular formula is C24H21ClN4O8S. The number of aromatic nitrogens is 2. The zero-order valence-corrected chi connectivity index (χ0v) is 21.7. The number of nitro groups is 1. The minimum absolute atomic E-state index is 0.0828. The molecule has 4 aromatic rings. The number of fused-ring (bicyclic) bond motifs is 1. The lowest BCUT2D eigenvalue weighted by Gasteiger charge is -2.13. The molecule has 12 nitrogen and oxygen atoms in total. The van der Waals surface area contributed by atoms with E-state index in [1.165, 1.54) is 19.2 Å². The number of hydrogen-bond donors (Lipinski definition) is 1. The summed E-state index contributed by atoms with van der Waals surface area (Å²) >= 11 is 6.17. The van der Waals surface area contributed by atoms with Gasteiger partial charge in [0.15, 0.2) is 11.5 Å². The molecule has 0 bridgehead atoms. The van der Waals surface area contributed by atoms with Gasteiger partial charge in [-0.3, -0.25) is 19.3 Å². The van der Waals surface area contributed by atoms with Crippen LogP contribution >= 0.6 is 11.6 Å². The number of halogens is 1. The van der Waals surface area contributed by atoms with Crippen LogP contribution in [0, 0.1) is 10.1 Å². The number of anilines is 1. The molecule has 0 saturated carbocycles. The van der Waals surface area contributed by atoms with E-state index in [1.54, 1.807) is 35.7 Å². The number of hydrogen-bond acceptors (Lipinski definition) is 10. The van der Waals surface area contributed by atoms with E-state index in [0.29, 0.717) is 27.7 Å². The van der Waals surface area contributed by atoms with Crippen LogP contribution in [-0.2, 0) is 19.6 Å². The Bertz CT molecular complexity index is 1620. The summed E-state index contributed by atoms with van der Waals surface area (Å²) < 4.78 is 42.9. The third-order valence-corrected chi connectivity index (χ3v) is 6.73. The Morgan fingerprint density at radius 1 is 1.13 bits per heavy atom. The molecule has 198 valence electrons. The maximum atomic E-state index is 12.8. The Morgan fingerprint density at radius 2 is 1.87 bits per heavy atom. The van der Waals surface area contributed by atoms with Crippen LogP contribution in [0.3, 0.4) is 0 Å². The van der Waals surface area contributed by atoms with E-state index in [1.807, 2.05) is 0 Å². The summed E-state index contributed by atoms with van der Waals surface area (Å²) in [6, 6.07) is 12.2. The van der Waals surface area contributed by atoms with Crippen LogP contribution in [0.5, 0.6) is 11.5 Å². The van der Waals surface area contributed by atoms with Gasteiger partial charge in [-0.15, -0.1) is 0 Å². The van der Waals surface area contributed by atoms with Gasteiger partial charge in [-0.25, -0.2) is 4.98 Å². The number of methoxy groups -OCH3 is 1. The number of nitro benzene ring substituents is 1. The Kier molecular flexibility index (Phi) is 7.69. The number of nitrogens with one attached hydrogen (secondary N) is 1. The van der Waals surface area contributed by atoms with E-state index < -0.39 is 21.0 Å². The summed E-state index contributed by atoms with van der Waals surface area (Å²) in [6.07, 6.45) is 1.63. The number of imidazole rings is 1. The molecule has 0 atom stereocenters. The molecule has 0 radical (unpaired) electrons. The number of esters is 1. The van der Waals surface area contributed by atoms with Crippen LogP contribution in [0.4, 0.5) is 11.5 Å². The smallest absolute Gasteiger partial charge is 0.339 e. The fourth-order valence-corrected chi connectivity index (χ4v) is 4.64. The van der Waals surface area contributed by atoms with E-state index in [0.717, 1.165) is 24.3 Å². The summed E-state index contributed by atoms with van der Waals surface area (Å²) in [6.45, 7) is 1.80. The number of nitrogens with zero attached hydrogens (tertiary/aromatic N) is 3. The van der Waals surface area contributed by atoms with Gasteiger partial charge in [0.25, 0.3) is 5.69 Å². The molecule has 0 spiro atoms. The van der Waals surface area contributed by atoms with Gasteiger partial charge in [0.1, 0.15) is 28.6 Å². The molecule has 1 N–H and O–H groups in total. The normalized spacial score (nSPS) is 11.2. The highest BCUT2D eigenvalue weighted by atomic mass is 35.5. The standard InChI is InChI=1S/C24H21ClN4O8S/c1-3-36-22(30)13-26-24-23(27-21-11-5-16(25)14-28(21)24)15-4-10-19(20(12-15)35-2)37-38(33,34)18-8-6-17(7-9-18)29(31)32/h4-12,14,26H,3,13H2,1-2H3. The van der Waals surface area contributed by atoms with Crippen LogP contribution in [0.15, 0.2) is 65.7 Å². The lowest BCUT2D eigenvalue weighted by atomic mass is 10.1. The van der Waals surface area contributed by atoms with Crippen LogP contribution < -0.4 is 14.2 Å². The first kappa shape index (κ1) is 26.7. The average molecular weight is 561 g/mol. The number of benzene rings is 2. The maximum Gasteiger partial charge on any atom is 0.339 e. The molecular weight excluding hydrogens is 540 g/mol. The van der Waals surface area contributed by atoms with Gasteiger partial charge in [0, 0.05) is 23.9 Å². The highest BCUT2D eigenvalue weighted by Gasteiger charge is 2.22. The average Bonchev–Trinajstić information content (AvgIpc) is 3.25. The molecule has 14 heteroatoms. The van der Waals surface area contributed by atoms with Crippen molar-refractivity contribution in [3.63, 3.8) is 0 Å². The lowest BCUT2D eigenvalue weighted by Crippen LogP contribution is -2.17. The quantitative estimate of drug-likeness (QED) is 0.128. The third-order valence-electron chi connectivity index (χ3n) is 5.26. The Labute approximate surface area is 222 Å². The fraction of sp³-hybridized carbons (Fsp3) is 0.167. The molecule has 0 unspecified atom stereocenters. The number of ether oxygens (including phenoxy) is 2. The van der Waals surface area contributed by atoms with Crippen molar-refractivity contribution >= 4 is 44.8 Å². The van der Waals surface area contributed by atoms with Crippen molar-refractivity contribution < 1.29 is 31.8 Å². The third kappa shape index (κ3) is 5.63. The van der Waals surface area contributed by atoms with E-state index in [4.69, 9.17) is 25.3 Å². The second-order valence-electron chi connectivity index (χ2n) is 7.70. The van der Waals surface area contributed by atoms with Crippen molar-refractivity contribution in [2.24, 2.45) is 0 Å². The number of non-ortho nitro benzene ring substituents is 1. The Morgan fingerprint density at radius 3 is 2.53 bits per heavy atom. The largest absolute Gasteiger partial charge is 0.493 e. The van der Waals surface area contributed by atoms with Crippen LogP contribution in [0.1, 0.15) is 6.92 Å². The van der Waals surface area contributed by atoms with Crippen molar-refractivity contribution in [3.8, 4) is 22.8 Å². The van der Waals surface area contributed by atoms with Crippen molar-refractivity contribution in [1.29, 1.82) is 0 Å². The SMILES string of the molecule is CCOC(=O)CNc1c(-c2ccc(OS(=O)(=O)c3ccc([N+](=O)[O-])cc3)c(OC)c2)nc2ccc(Cl)cn12. The van der Waals surface area contributed by atoms with E-state index in [-0.39, 0.29) is 35.2 Å². The lowest BCUT2D eigenvalue weighted by molar-refractivity contribution is -0.384. The first-order valence-corrected chi connectivity index (χ1v) is 12.9. The zero-order valence-electron chi connectivity index (χ0n) is 20.1. The van der Waals surface area contributed by atoms with Crippen LogP contribution in [0.2, 0.25) is 5.02 Å². The van der Waals surface area contributed by atoms with Gasteiger partial charge < -0.3 is 19.0 Å². The Hall–Kier alpha value is -4.36. The molecule has 0 fully saturated rings. The maximum absolute atomic E-state index is 12.8. The summed E-state index contributed by atoms with van der Waals surface area (Å²) in [4.78, 5) is 26.5. The highest BCUT2D eigenvalue weighted by molar-refractivity contribution is 7.87. The summed E-state index contributed by atoms with van der Waals surface area (Å²) in [5.74, 6) is -0.0418. The van der Waals surface area contributed by atoms with Gasteiger partial charge in [0.2, 0.25) is 0 Å². The molecule has 0 aliphatic heterocycles. The summed E-state index contributed by atoms with van der Waals surface area (Å²) in [5.41, 5.74) is 1.23. The molecule has 2 aromatic carbocycles. The van der Waals surface area contributed by atoms with E-state index >= 15 is 0 Å². The predicted molar refractivity (Wildman–Crippen MR) is 138 cm³/mol. The van der Waals surface area contributed by atoms with Gasteiger partial charge >= 0.3 is 16.1 Å². The van der Waals surface area contributed by atoms with E-state index in [9.17, 15) is 23.3 Å². The van der Waals surface area contributed by atoms with Crippen molar-refractivity contribution in [2.45, 2.75) is 11.8 Å². The molecule has 0 aliphatic rings. The summed E-state index contributed by atoms with van der Waals surface area (Å²) in [7, 11) is -2.98. The fourth-order valence-electron chi connectivity index (χ4n) is 3.54. The topological polar surface area (TPSA) is 151 Å². The number of pyridine rings is 1. The molecule has 38 heavy (non-hydrogen) atoms. The van der Waals surface area contributed by atoms with Gasteiger partial charge in [-0.2, -0.15) is 8.42 Å². The number of rotatable bonds is 10. The van der Waals surface area contributed by atoms with Gasteiger partial charge in [0.05, 0.1) is 23.7 Å². The van der Waals surface area contributed by atoms with Crippen LogP contribution in [-0.4, -0.2) is 49.0 Å². The molecule has 0 amide bonds. The molecule has 4 rings (SSSR count). The molecule has 0 aliphatic carbocycles. The second-order valence-corrected chi connectivity index (χ2v) is 9.68.